The third-order valence-electron chi connectivity index (χ3n) is 3.55. The Kier molecular flexibility index (Phi) is 7.06. The number of nitrogens with zero attached hydrogens (tertiary/aromatic N) is 3. The number of nitrogens with one attached hydrogen (secondary N) is 1. The van der Waals surface area contributed by atoms with E-state index in [1.165, 1.54) is 0 Å². The molecule has 0 aliphatic rings. The number of methoxy groups -OCH3 is 1. The van der Waals surface area contributed by atoms with Gasteiger partial charge in [-0.1, -0.05) is 12.1 Å². The van der Waals surface area contributed by atoms with Gasteiger partial charge in [-0.25, -0.2) is 0 Å². The van der Waals surface area contributed by atoms with Gasteiger partial charge in [0.15, 0.2) is 0 Å². The van der Waals surface area contributed by atoms with Gasteiger partial charge in [-0.15, -0.1) is 12.4 Å². The van der Waals surface area contributed by atoms with Crippen LogP contribution in [0.25, 0.3) is 0 Å². The summed E-state index contributed by atoms with van der Waals surface area (Å²) in [6.07, 6.45) is 3.56. The summed E-state index contributed by atoms with van der Waals surface area (Å²) in [5.74, 6) is 0.813. The predicted octanol–water partition coefficient (Wildman–Crippen LogP) is 1.77. The Morgan fingerprint density at radius 1 is 1.39 bits per heavy atom. The van der Waals surface area contributed by atoms with Gasteiger partial charge < -0.3 is 15.0 Å². The summed E-state index contributed by atoms with van der Waals surface area (Å²) < 4.78 is 6.83. The molecule has 1 amide bonds. The van der Waals surface area contributed by atoms with E-state index in [9.17, 15) is 4.79 Å². The zero-order valence-electron chi connectivity index (χ0n) is 13.8. The molecule has 2 rings (SSSR count). The van der Waals surface area contributed by atoms with Crippen LogP contribution in [0.4, 0.5) is 0 Å². The van der Waals surface area contributed by atoms with Gasteiger partial charge in [0.1, 0.15) is 11.8 Å². The number of hydrogen-bond acceptors (Lipinski definition) is 4. The summed E-state index contributed by atoms with van der Waals surface area (Å²) >= 11 is 0. The van der Waals surface area contributed by atoms with Crippen LogP contribution in [0.2, 0.25) is 0 Å². The molecule has 1 heterocycles. The maximum atomic E-state index is 12.6. The van der Waals surface area contributed by atoms with Crippen molar-refractivity contribution in [2.24, 2.45) is 7.05 Å². The standard InChI is InChI=1S/C16H22N4O2.ClH/c1-17-15(13-9-18-20(3)11-13)16(21)19(2)10-12-5-7-14(22-4)8-6-12;/h5-9,11,15,17H,10H2,1-4H3;1H. The third kappa shape index (κ3) is 4.71. The van der Waals surface area contributed by atoms with E-state index in [0.29, 0.717) is 6.54 Å². The minimum atomic E-state index is -0.392. The Bertz CT molecular complexity index is 627. The predicted molar refractivity (Wildman–Crippen MR) is 91.7 cm³/mol. The van der Waals surface area contributed by atoms with Crippen molar-refractivity contribution in [3.05, 3.63) is 47.8 Å². The average molecular weight is 339 g/mol. The van der Waals surface area contributed by atoms with E-state index >= 15 is 0 Å². The maximum Gasteiger partial charge on any atom is 0.244 e. The zero-order valence-corrected chi connectivity index (χ0v) is 14.6. The molecule has 6 nitrogen and oxygen atoms in total. The van der Waals surface area contributed by atoms with Gasteiger partial charge >= 0.3 is 0 Å². The lowest BCUT2D eigenvalue weighted by atomic mass is 10.1. The lowest BCUT2D eigenvalue weighted by Gasteiger charge is -2.23. The highest BCUT2D eigenvalue weighted by Crippen LogP contribution is 2.17. The minimum Gasteiger partial charge on any atom is -0.497 e. The molecule has 0 saturated heterocycles. The largest absolute Gasteiger partial charge is 0.497 e. The molecule has 0 saturated carbocycles. The van der Waals surface area contributed by atoms with Crippen LogP contribution in [0.15, 0.2) is 36.7 Å². The number of likely N-dealkylation sites (N-methyl/N-ethyl adjacent to an activating group) is 2. The smallest absolute Gasteiger partial charge is 0.244 e. The first-order valence-electron chi connectivity index (χ1n) is 7.09. The number of amides is 1. The molecular formula is C16H23ClN4O2. The SMILES string of the molecule is CNC(C(=O)N(C)Cc1ccc(OC)cc1)c1cnn(C)c1.Cl. The molecule has 0 aliphatic heterocycles. The van der Waals surface area contributed by atoms with E-state index in [1.807, 2.05) is 37.5 Å². The number of hydrogen-bond donors (Lipinski definition) is 1. The third-order valence-corrected chi connectivity index (χ3v) is 3.55. The average Bonchev–Trinajstić information content (AvgIpc) is 2.95. The van der Waals surface area contributed by atoms with Gasteiger partial charge in [0.25, 0.3) is 0 Å². The monoisotopic (exact) mass is 338 g/mol. The number of aromatic nitrogens is 2. The second kappa shape index (κ2) is 8.55. The van der Waals surface area contributed by atoms with Crippen LogP contribution in [0, 0.1) is 0 Å². The number of carbonyl (C=O) groups excluding carboxylic acids is 1. The maximum absolute atomic E-state index is 12.6. The Labute approximate surface area is 142 Å². The van der Waals surface area contributed by atoms with Crippen molar-refractivity contribution in [2.75, 3.05) is 21.2 Å². The van der Waals surface area contributed by atoms with Crippen molar-refractivity contribution in [3.63, 3.8) is 0 Å². The lowest BCUT2D eigenvalue weighted by molar-refractivity contribution is -0.132. The Hall–Kier alpha value is -2.05. The van der Waals surface area contributed by atoms with Gasteiger partial charge in [-0.2, -0.15) is 5.10 Å². The second-order valence-corrected chi connectivity index (χ2v) is 5.21. The Morgan fingerprint density at radius 2 is 2.04 bits per heavy atom. The molecule has 7 heteroatoms. The van der Waals surface area contributed by atoms with Gasteiger partial charge in [0, 0.05) is 32.4 Å². The van der Waals surface area contributed by atoms with Crippen molar-refractivity contribution < 1.29 is 9.53 Å². The molecule has 126 valence electrons. The quantitative estimate of drug-likeness (QED) is 0.872. The highest BCUT2D eigenvalue weighted by Gasteiger charge is 2.23. The van der Waals surface area contributed by atoms with Crippen LogP contribution in [0.3, 0.4) is 0 Å². The summed E-state index contributed by atoms with van der Waals surface area (Å²) in [6.45, 7) is 0.543. The molecule has 0 bridgehead atoms. The molecule has 0 spiro atoms. The number of benzene rings is 1. The first-order chi connectivity index (χ1) is 10.5. The number of halogens is 1. The Morgan fingerprint density at radius 3 is 2.52 bits per heavy atom. The number of ether oxygens (including phenoxy) is 1. The van der Waals surface area contributed by atoms with E-state index < -0.39 is 6.04 Å². The molecule has 1 atom stereocenters. The topological polar surface area (TPSA) is 59.4 Å². The molecule has 0 radical (unpaired) electrons. The minimum absolute atomic E-state index is 0. The number of rotatable bonds is 6. The van der Waals surface area contributed by atoms with Gasteiger partial charge in [-0.05, 0) is 24.7 Å². The van der Waals surface area contributed by atoms with E-state index in [0.717, 1.165) is 16.9 Å². The molecule has 1 aromatic carbocycles. The molecule has 2 aromatic rings. The van der Waals surface area contributed by atoms with Crippen LogP contribution in [0.1, 0.15) is 17.2 Å². The van der Waals surface area contributed by atoms with Crippen molar-refractivity contribution >= 4 is 18.3 Å². The second-order valence-electron chi connectivity index (χ2n) is 5.21. The van der Waals surface area contributed by atoms with E-state index in [2.05, 4.69) is 10.4 Å². The van der Waals surface area contributed by atoms with Crippen molar-refractivity contribution in [1.82, 2.24) is 20.0 Å². The summed E-state index contributed by atoms with van der Waals surface area (Å²) in [6, 6.07) is 7.31. The number of aryl methyl sites for hydroxylation is 1. The van der Waals surface area contributed by atoms with Gasteiger partial charge in [-0.3, -0.25) is 9.48 Å². The zero-order chi connectivity index (χ0) is 16.1. The lowest BCUT2D eigenvalue weighted by Crippen LogP contribution is -2.37. The van der Waals surface area contributed by atoms with Gasteiger partial charge in [0.05, 0.1) is 13.3 Å². The van der Waals surface area contributed by atoms with Crippen LogP contribution < -0.4 is 10.1 Å². The van der Waals surface area contributed by atoms with E-state index in [1.54, 1.807) is 37.0 Å². The summed E-state index contributed by atoms with van der Waals surface area (Å²) in [4.78, 5) is 14.3. The molecule has 1 N–H and O–H groups in total. The molecule has 1 aromatic heterocycles. The van der Waals surface area contributed by atoms with E-state index in [-0.39, 0.29) is 18.3 Å². The molecule has 23 heavy (non-hydrogen) atoms. The highest BCUT2D eigenvalue weighted by atomic mass is 35.5. The van der Waals surface area contributed by atoms with Crippen molar-refractivity contribution in [3.8, 4) is 5.75 Å². The van der Waals surface area contributed by atoms with Crippen LogP contribution in [0.5, 0.6) is 5.75 Å². The molecule has 0 fully saturated rings. The van der Waals surface area contributed by atoms with Crippen LogP contribution in [-0.2, 0) is 18.4 Å². The Balaban J connectivity index is 0.00000264. The summed E-state index contributed by atoms with van der Waals surface area (Å²) in [5, 5.41) is 7.17. The fraction of sp³-hybridized carbons (Fsp3) is 0.375. The number of carbonyl (C=O) groups is 1. The van der Waals surface area contributed by atoms with Crippen molar-refractivity contribution in [1.29, 1.82) is 0 Å². The molecular weight excluding hydrogens is 316 g/mol. The fourth-order valence-corrected chi connectivity index (χ4v) is 2.33. The normalized spacial score (nSPS) is 11.5. The first kappa shape index (κ1) is 19.0. The van der Waals surface area contributed by atoms with Gasteiger partial charge in [0.2, 0.25) is 5.91 Å². The summed E-state index contributed by atoms with van der Waals surface area (Å²) in [7, 11) is 7.04. The van der Waals surface area contributed by atoms with E-state index in [4.69, 9.17) is 4.74 Å². The van der Waals surface area contributed by atoms with Crippen LogP contribution in [-0.4, -0.2) is 41.8 Å². The first-order valence-corrected chi connectivity index (χ1v) is 7.09. The fourth-order valence-electron chi connectivity index (χ4n) is 2.33. The summed E-state index contributed by atoms with van der Waals surface area (Å²) in [5.41, 5.74) is 1.91. The van der Waals surface area contributed by atoms with Crippen molar-refractivity contribution in [2.45, 2.75) is 12.6 Å². The molecule has 1 unspecified atom stereocenters. The highest BCUT2D eigenvalue weighted by molar-refractivity contribution is 5.85. The van der Waals surface area contributed by atoms with Crippen LogP contribution >= 0.6 is 12.4 Å². The molecule has 0 aliphatic carbocycles.